The fraction of sp³-hybridized carbons (Fsp3) is 0.120. The number of thioether (sulfide) groups is 1. The number of hydrogen-bond donors (Lipinski definition) is 3. The van der Waals surface area contributed by atoms with Crippen molar-refractivity contribution in [3.8, 4) is 22.8 Å². The molecule has 0 amide bonds. The maximum atomic E-state index is 12.0. The van der Waals surface area contributed by atoms with Crippen molar-refractivity contribution in [3.05, 3.63) is 81.0 Å². The lowest BCUT2D eigenvalue weighted by molar-refractivity contribution is -0.131. The highest BCUT2D eigenvalue weighted by molar-refractivity contribution is 8.04. The molecule has 2 heterocycles. The van der Waals surface area contributed by atoms with Crippen molar-refractivity contribution >= 4 is 41.4 Å². The van der Waals surface area contributed by atoms with Gasteiger partial charge in [0.2, 0.25) is 5.16 Å². The summed E-state index contributed by atoms with van der Waals surface area (Å²) in [6.45, 7) is 3.76. The topological polar surface area (TPSA) is 130 Å². The Kier molecular flexibility index (Phi) is 7.18. The van der Waals surface area contributed by atoms with Crippen molar-refractivity contribution in [1.29, 1.82) is 0 Å². The summed E-state index contributed by atoms with van der Waals surface area (Å²) in [6.07, 6.45) is 1.56. The Balaban J connectivity index is 1.65. The number of carboxylic acids is 2. The number of benzene rings is 2. The molecule has 11 heteroatoms. The molecular formula is C25H21ClN4O5S. The molecule has 184 valence electrons. The van der Waals surface area contributed by atoms with E-state index in [0.717, 1.165) is 28.8 Å². The molecule has 0 fully saturated rings. The van der Waals surface area contributed by atoms with Crippen LogP contribution in [0.15, 0.2) is 58.6 Å². The number of rotatable bonds is 8. The van der Waals surface area contributed by atoms with Gasteiger partial charge in [0.15, 0.2) is 5.82 Å². The third kappa shape index (κ3) is 5.14. The average molecular weight is 525 g/mol. The molecule has 36 heavy (non-hydrogen) atoms. The standard InChI is InChI=1S/C25H21ClN4O5S/c1-13-10-16(14(2)30(13)18-7-4-15(5-8-18)23(31)32)11-21(24(33)34)36-25-27-22(28-29-25)19-12-17(26)6-9-20(19)35-3/h4-12H,1-3H3,(H,31,32)(H,33,34)(H,27,28,29)/b21-11-. The third-order valence-electron chi connectivity index (χ3n) is 5.42. The SMILES string of the molecule is COc1ccc(Cl)cc1-c1nc(S/C(=C\c2cc(C)n(-c3ccc(C(=O)O)cc3)c2C)C(=O)O)n[nH]1. The fourth-order valence-corrected chi connectivity index (χ4v) is 4.61. The van der Waals surface area contributed by atoms with Crippen molar-refractivity contribution in [2.45, 2.75) is 19.0 Å². The van der Waals surface area contributed by atoms with Crippen LogP contribution in [0, 0.1) is 13.8 Å². The smallest absolute Gasteiger partial charge is 0.342 e. The van der Waals surface area contributed by atoms with Gasteiger partial charge in [-0.05, 0) is 85.8 Å². The first-order chi connectivity index (χ1) is 17.2. The number of ether oxygens (including phenoxy) is 1. The number of nitrogens with one attached hydrogen (secondary N) is 1. The number of aromatic carboxylic acids is 1. The second-order valence-corrected chi connectivity index (χ2v) is 9.19. The molecule has 0 unspecified atom stereocenters. The minimum absolute atomic E-state index is 0.0279. The first-order valence-electron chi connectivity index (χ1n) is 10.6. The molecule has 9 nitrogen and oxygen atoms in total. The molecule has 2 aromatic carbocycles. The first-order valence-corrected chi connectivity index (χ1v) is 11.8. The van der Waals surface area contributed by atoms with E-state index in [4.69, 9.17) is 21.4 Å². The summed E-state index contributed by atoms with van der Waals surface area (Å²) in [7, 11) is 1.53. The Morgan fingerprint density at radius 2 is 1.83 bits per heavy atom. The zero-order chi connectivity index (χ0) is 26.0. The Morgan fingerprint density at radius 3 is 2.47 bits per heavy atom. The van der Waals surface area contributed by atoms with Crippen LogP contribution in [0.25, 0.3) is 23.2 Å². The van der Waals surface area contributed by atoms with Crippen LogP contribution < -0.4 is 4.74 Å². The number of aromatic amines is 1. The lowest BCUT2D eigenvalue weighted by Crippen LogP contribution is -2.01. The van der Waals surface area contributed by atoms with Crippen molar-refractivity contribution in [2.75, 3.05) is 7.11 Å². The summed E-state index contributed by atoms with van der Waals surface area (Å²) in [4.78, 5) is 27.6. The minimum atomic E-state index is -1.12. The maximum Gasteiger partial charge on any atom is 0.342 e. The van der Waals surface area contributed by atoms with E-state index in [1.807, 2.05) is 24.5 Å². The van der Waals surface area contributed by atoms with Gasteiger partial charge in [-0.3, -0.25) is 5.10 Å². The second kappa shape index (κ2) is 10.3. The molecule has 0 saturated heterocycles. The maximum absolute atomic E-state index is 12.0. The van der Waals surface area contributed by atoms with Gasteiger partial charge in [0.1, 0.15) is 10.7 Å². The van der Waals surface area contributed by atoms with E-state index in [9.17, 15) is 14.7 Å². The highest BCUT2D eigenvalue weighted by atomic mass is 35.5. The van der Waals surface area contributed by atoms with Gasteiger partial charge in [-0.15, -0.1) is 5.10 Å². The molecule has 0 spiro atoms. The monoisotopic (exact) mass is 524 g/mol. The number of aromatic nitrogens is 4. The van der Waals surface area contributed by atoms with Gasteiger partial charge >= 0.3 is 11.9 Å². The lowest BCUT2D eigenvalue weighted by atomic mass is 10.2. The molecule has 0 aliphatic rings. The van der Waals surface area contributed by atoms with Crippen LogP contribution in [0.1, 0.15) is 27.3 Å². The lowest BCUT2D eigenvalue weighted by Gasteiger charge is -2.10. The van der Waals surface area contributed by atoms with Gasteiger partial charge < -0.3 is 19.5 Å². The van der Waals surface area contributed by atoms with E-state index in [1.165, 1.54) is 19.2 Å². The summed E-state index contributed by atoms with van der Waals surface area (Å²) in [5.74, 6) is -1.19. The molecule has 0 atom stereocenters. The summed E-state index contributed by atoms with van der Waals surface area (Å²) in [5, 5.41) is 26.7. The highest BCUT2D eigenvalue weighted by Gasteiger charge is 2.18. The molecular weight excluding hydrogens is 504 g/mol. The number of carbonyl (C=O) groups is 2. The van der Waals surface area contributed by atoms with Gasteiger partial charge in [-0.2, -0.15) is 0 Å². The van der Waals surface area contributed by atoms with Gasteiger partial charge in [0.25, 0.3) is 0 Å². The van der Waals surface area contributed by atoms with Crippen LogP contribution in [0.5, 0.6) is 5.75 Å². The van der Waals surface area contributed by atoms with Gasteiger partial charge in [-0.25, -0.2) is 14.6 Å². The number of halogens is 1. The Hall–Kier alpha value is -4.02. The summed E-state index contributed by atoms with van der Waals surface area (Å²) < 4.78 is 7.28. The quantitative estimate of drug-likeness (QED) is 0.205. The first kappa shape index (κ1) is 25.1. The zero-order valence-corrected chi connectivity index (χ0v) is 21.0. The largest absolute Gasteiger partial charge is 0.496 e. The highest BCUT2D eigenvalue weighted by Crippen LogP contribution is 2.33. The summed E-state index contributed by atoms with van der Waals surface area (Å²) in [5.41, 5.74) is 3.93. The van der Waals surface area contributed by atoms with Crippen molar-refractivity contribution in [1.82, 2.24) is 19.7 Å². The molecule has 4 aromatic rings. The normalized spacial score (nSPS) is 11.5. The number of nitrogens with zero attached hydrogens (tertiary/aromatic N) is 3. The molecule has 0 aliphatic heterocycles. The van der Waals surface area contributed by atoms with Crippen LogP contribution in [0.4, 0.5) is 0 Å². The average Bonchev–Trinajstić information content (AvgIpc) is 3.42. The number of aliphatic carboxylic acids is 1. The number of methoxy groups -OCH3 is 1. The number of hydrogen-bond acceptors (Lipinski definition) is 6. The summed E-state index contributed by atoms with van der Waals surface area (Å²) in [6, 6.07) is 13.4. The van der Waals surface area contributed by atoms with Crippen molar-refractivity contribution < 1.29 is 24.5 Å². The van der Waals surface area contributed by atoms with E-state index in [-0.39, 0.29) is 15.6 Å². The molecule has 0 radical (unpaired) electrons. The van der Waals surface area contributed by atoms with Gasteiger partial charge in [0, 0.05) is 22.1 Å². The Morgan fingerprint density at radius 1 is 1.11 bits per heavy atom. The zero-order valence-electron chi connectivity index (χ0n) is 19.4. The predicted molar refractivity (Wildman–Crippen MR) is 137 cm³/mol. The molecule has 0 bridgehead atoms. The van der Waals surface area contributed by atoms with E-state index < -0.39 is 11.9 Å². The van der Waals surface area contributed by atoms with E-state index in [2.05, 4.69) is 15.2 Å². The van der Waals surface area contributed by atoms with Crippen LogP contribution >= 0.6 is 23.4 Å². The van der Waals surface area contributed by atoms with Crippen molar-refractivity contribution in [3.63, 3.8) is 0 Å². The molecule has 2 aromatic heterocycles. The minimum Gasteiger partial charge on any atom is -0.496 e. The van der Waals surface area contributed by atoms with E-state index in [1.54, 1.807) is 36.4 Å². The Bertz CT molecular complexity index is 1490. The molecule has 4 rings (SSSR count). The summed E-state index contributed by atoms with van der Waals surface area (Å²) >= 11 is 7.01. The fourth-order valence-electron chi connectivity index (χ4n) is 3.74. The predicted octanol–water partition coefficient (Wildman–Crippen LogP) is 5.46. The van der Waals surface area contributed by atoms with Gasteiger partial charge in [0.05, 0.1) is 18.2 Å². The molecule has 3 N–H and O–H groups in total. The van der Waals surface area contributed by atoms with Gasteiger partial charge in [-0.1, -0.05) is 11.6 Å². The van der Waals surface area contributed by atoms with Crippen molar-refractivity contribution in [2.24, 2.45) is 0 Å². The number of H-pyrrole nitrogens is 1. The van der Waals surface area contributed by atoms with E-state index in [0.29, 0.717) is 27.7 Å². The van der Waals surface area contributed by atoms with Crippen LogP contribution in [-0.4, -0.2) is 49.0 Å². The van der Waals surface area contributed by atoms with Crippen LogP contribution in [0.2, 0.25) is 5.02 Å². The third-order valence-corrected chi connectivity index (χ3v) is 6.54. The van der Waals surface area contributed by atoms with Crippen LogP contribution in [0.3, 0.4) is 0 Å². The Labute approximate surface area is 215 Å². The van der Waals surface area contributed by atoms with E-state index >= 15 is 0 Å². The number of carboxylic acid groups (broad SMARTS) is 2. The molecule has 0 saturated carbocycles. The van der Waals surface area contributed by atoms with Crippen LogP contribution in [-0.2, 0) is 4.79 Å². The number of aryl methyl sites for hydroxylation is 1. The molecule has 0 aliphatic carbocycles. The second-order valence-electron chi connectivity index (χ2n) is 7.74.